The summed E-state index contributed by atoms with van der Waals surface area (Å²) in [5.74, 6) is -0.223. The molecule has 1 amide bonds. The van der Waals surface area contributed by atoms with Crippen LogP contribution in [0.25, 0.3) is 0 Å². The lowest BCUT2D eigenvalue weighted by molar-refractivity contribution is -0.139. The van der Waals surface area contributed by atoms with Gasteiger partial charge in [-0.15, -0.1) is 11.3 Å². The minimum absolute atomic E-state index is 0.0520. The van der Waals surface area contributed by atoms with Crippen LogP contribution in [0.4, 0.5) is 5.13 Å². The van der Waals surface area contributed by atoms with Gasteiger partial charge in [0, 0.05) is 16.5 Å². The first kappa shape index (κ1) is 20.0. The number of carbonyl (C=O) groups is 2. The Labute approximate surface area is 171 Å². The molecule has 1 N–H and O–H groups in total. The van der Waals surface area contributed by atoms with Crippen molar-refractivity contribution in [3.05, 3.63) is 76.3 Å². The van der Waals surface area contributed by atoms with E-state index in [1.54, 1.807) is 41.8 Å². The first-order valence-corrected chi connectivity index (χ1v) is 9.50. The Balaban J connectivity index is 1.63. The average molecular weight is 407 g/mol. The van der Waals surface area contributed by atoms with Crippen molar-refractivity contribution in [2.24, 2.45) is 0 Å². The fraction of sp³-hybridized carbons (Fsp3) is 0.143. The van der Waals surface area contributed by atoms with Gasteiger partial charge in [0.05, 0.1) is 30.9 Å². The quantitative estimate of drug-likeness (QED) is 0.601. The third-order valence-electron chi connectivity index (χ3n) is 3.95. The molecule has 0 spiro atoms. The second-order valence-electron chi connectivity index (χ2n) is 5.94. The fourth-order valence-electron chi connectivity index (χ4n) is 2.48. The van der Waals surface area contributed by atoms with Crippen molar-refractivity contribution in [2.75, 3.05) is 12.4 Å². The highest BCUT2D eigenvalue weighted by molar-refractivity contribution is 7.14. The highest BCUT2D eigenvalue weighted by Gasteiger charge is 2.12. The van der Waals surface area contributed by atoms with E-state index in [9.17, 15) is 9.59 Å². The highest BCUT2D eigenvalue weighted by Crippen LogP contribution is 2.20. The summed E-state index contributed by atoms with van der Waals surface area (Å²) in [6.45, 7) is 0.220. The van der Waals surface area contributed by atoms with Crippen LogP contribution in [0.1, 0.15) is 27.2 Å². The summed E-state index contributed by atoms with van der Waals surface area (Å²) >= 11 is 1.23. The molecule has 146 valence electrons. The van der Waals surface area contributed by atoms with Gasteiger partial charge in [-0.25, -0.2) is 4.98 Å². The van der Waals surface area contributed by atoms with E-state index in [0.717, 1.165) is 5.56 Å². The third kappa shape index (κ3) is 5.40. The van der Waals surface area contributed by atoms with Gasteiger partial charge in [0.2, 0.25) is 0 Å². The van der Waals surface area contributed by atoms with Crippen molar-refractivity contribution in [2.45, 2.75) is 13.0 Å². The van der Waals surface area contributed by atoms with E-state index < -0.39 is 5.97 Å². The number of nitrogens with one attached hydrogen (secondary N) is 1. The number of hydrogen-bond acceptors (Lipinski definition) is 7. The number of methoxy groups -OCH3 is 1. The van der Waals surface area contributed by atoms with Crippen molar-refractivity contribution in [1.82, 2.24) is 4.98 Å². The molecule has 29 heavy (non-hydrogen) atoms. The summed E-state index contributed by atoms with van der Waals surface area (Å²) in [7, 11) is 1.31. The van der Waals surface area contributed by atoms with Crippen molar-refractivity contribution < 1.29 is 19.1 Å². The highest BCUT2D eigenvalue weighted by atomic mass is 32.1. The van der Waals surface area contributed by atoms with E-state index >= 15 is 0 Å². The third-order valence-corrected chi connectivity index (χ3v) is 4.76. The van der Waals surface area contributed by atoms with E-state index in [2.05, 4.69) is 21.1 Å². The zero-order chi connectivity index (χ0) is 20.6. The van der Waals surface area contributed by atoms with Crippen LogP contribution in [0.15, 0.2) is 53.9 Å². The number of anilines is 1. The predicted octanol–water partition coefficient (Wildman–Crippen LogP) is 3.56. The molecule has 0 unspecified atom stereocenters. The number of aromatic nitrogens is 1. The second-order valence-corrected chi connectivity index (χ2v) is 6.79. The van der Waals surface area contributed by atoms with Crippen molar-refractivity contribution in [1.29, 1.82) is 5.26 Å². The molecule has 7 nitrogen and oxygen atoms in total. The van der Waals surface area contributed by atoms with Gasteiger partial charge in [0.1, 0.15) is 12.4 Å². The smallest absolute Gasteiger partial charge is 0.311 e. The van der Waals surface area contributed by atoms with E-state index in [1.807, 2.05) is 12.1 Å². The van der Waals surface area contributed by atoms with Crippen LogP contribution in [0.5, 0.6) is 5.75 Å². The molecule has 0 bridgehead atoms. The number of thiazole rings is 1. The first-order valence-electron chi connectivity index (χ1n) is 8.62. The van der Waals surface area contributed by atoms with Crippen LogP contribution in [0.2, 0.25) is 0 Å². The van der Waals surface area contributed by atoms with E-state index in [4.69, 9.17) is 10.00 Å². The Morgan fingerprint density at radius 1 is 1.21 bits per heavy atom. The fourth-order valence-corrected chi connectivity index (χ4v) is 3.18. The number of nitriles is 1. The summed E-state index contributed by atoms with van der Waals surface area (Å²) in [6, 6.07) is 16.0. The van der Waals surface area contributed by atoms with Crippen LogP contribution in [0.3, 0.4) is 0 Å². The number of hydrogen-bond donors (Lipinski definition) is 1. The molecular formula is C21H17N3O4S. The summed E-state index contributed by atoms with van der Waals surface area (Å²) in [5.41, 5.74) is 2.25. The molecule has 2 aromatic carbocycles. The van der Waals surface area contributed by atoms with E-state index in [-0.39, 0.29) is 18.9 Å². The standard InChI is InChI=1S/C21H17N3O4S/c1-27-19(25)10-17-13-29-21(23-17)24-20(26)14-7-4-8-18(9-14)28-12-16-6-3-2-5-15(16)11-22/h2-9,13H,10,12H2,1H3,(H,23,24,26). The Bertz CT molecular complexity index is 1070. The van der Waals surface area contributed by atoms with Crippen LogP contribution in [-0.2, 0) is 22.6 Å². The van der Waals surface area contributed by atoms with Crippen LogP contribution < -0.4 is 10.1 Å². The summed E-state index contributed by atoms with van der Waals surface area (Å²) in [6.07, 6.45) is 0.0520. The second kappa shape index (κ2) is 9.48. The van der Waals surface area contributed by atoms with Crippen molar-refractivity contribution in [3.63, 3.8) is 0 Å². The number of ether oxygens (including phenoxy) is 2. The summed E-state index contributed by atoms with van der Waals surface area (Å²) < 4.78 is 10.3. The van der Waals surface area contributed by atoms with Gasteiger partial charge in [-0.3, -0.25) is 14.9 Å². The zero-order valence-corrected chi connectivity index (χ0v) is 16.4. The molecule has 8 heteroatoms. The lowest BCUT2D eigenvalue weighted by Gasteiger charge is -2.09. The van der Waals surface area contributed by atoms with Gasteiger partial charge < -0.3 is 9.47 Å². The predicted molar refractivity (Wildman–Crippen MR) is 108 cm³/mol. The average Bonchev–Trinajstić information content (AvgIpc) is 3.19. The SMILES string of the molecule is COC(=O)Cc1csc(NC(=O)c2cccc(OCc3ccccc3C#N)c2)n1. The van der Waals surface area contributed by atoms with Crippen LogP contribution in [-0.4, -0.2) is 24.0 Å². The van der Waals surface area contributed by atoms with Crippen LogP contribution >= 0.6 is 11.3 Å². The Kier molecular flexibility index (Phi) is 6.55. The van der Waals surface area contributed by atoms with Gasteiger partial charge in [-0.05, 0) is 24.3 Å². The number of rotatable bonds is 7. The Morgan fingerprint density at radius 2 is 2.03 bits per heavy atom. The molecule has 0 atom stereocenters. The number of benzene rings is 2. The lowest BCUT2D eigenvalue weighted by Crippen LogP contribution is -2.12. The van der Waals surface area contributed by atoms with Gasteiger partial charge >= 0.3 is 5.97 Å². The number of carbonyl (C=O) groups excluding carboxylic acids is 2. The van der Waals surface area contributed by atoms with Crippen molar-refractivity contribution in [3.8, 4) is 11.8 Å². The molecule has 0 aliphatic heterocycles. The molecule has 0 saturated carbocycles. The topological polar surface area (TPSA) is 101 Å². The summed E-state index contributed by atoms with van der Waals surface area (Å²) in [5, 5.41) is 13.9. The Hall–Kier alpha value is -3.70. The summed E-state index contributed by atoms with van der Waals surface area (Å²) in [4.78, 5) is 28.0. The molecule has 0 aliphatic rings. The van der Waals surface area contributed by atoms with Gasteiger partial charge in [-0.1, -0.05) is 24.3 Å². The molecule has 0 aliphatic carbocycles. The minimum atomic E-state index is -0.393. The lowest BCUT2D eigenvalue weighted by atomic mass is 10.1. The largest absolute Gasteiger partial charge is 0.489 e. The monoisotopic (exact) mass is 407 g/mol. The maximum absolute atomic E-state index is 12.5. The van der Waals surface area contributed by atoms with Gasteiger partial charge in [0.15, 0.2) is 5.13 Å². The van der Waals surface area contributed by atoms with Crippen LogP contribution in [0, 0.1) is 11.3 Å². The molecule has 0 fully saturated rings. The van der Waals surface area contributed by atoms with E-state index in [1.165, 1.54) is 18.4 Å². The normalized spacial score (nSPS) is 10.1. The zero-order valence-electron chi connectivity index (χ0n) is 15.5. The Morgan fingerprint density at radius 3 is 2.83 bits per heavy atom. The molecule has 3 aromatic rings. The number of amides is 1. The molecule has 0 radical (unpaired) electrons. The number of nitrogens with zero attached hydrogens (tertiary/aromatic N) is 2. The van der Waals surface area contributed by atoms with E-state index in [0.29, 0.717) is 27.7 Å². The van der Waals surface area contributed by atoms with Crippen molar-refractivity contribution >= 4 is 28.3 Å². The van der Waals surface area contributed by atoms with Gasteiger partial charge in [0.25, 0.3) is 5.91 Å². The maximum atomic E-state index is 12.5. The molecule has 3 rings (SSSR count). The molecule has 1 heterocycles. The maximum Gasteiger partial charge on any atom is 0.311 e. The van der Waals surface area contributed by atoms with Gasteiger partial charge in [-0.2, -0.15) is 5.26 Å². The molecule has 0 saturated heterocycles. The number of esters is 1. The molecular weight excluding hydrogens is 390 g/mol. The molecule has 1 aromatic heterocycles. The minimum Gasteiger partial charge on any atom is -0.489 e. The first-order chi connectivity index (χ1) is 14.1.